The molecule has 0 N–H and O–H groups in total. The number of para-hydroxylation sites is 1. The fourth-order valence-electron chi connectivity index (χ4n) is 4.04. The lowest BCUT2D eigenvalue weighted by atomic mass is 10.1. The Bertz CT molecular complexity index is 1330. The second-order valence-corrected chi connectivity index (χ2v) is 8.05. The Labute approximate surface area is 192 Å². The molecule has 0 spiro atoms. The summed E-state index contributed by atoms with van der Waals surface area (Å²) in [5.74, 6) is -0.280. The van der Waals surface area contributed by atoms with Crippen molar-refractivity contribution >= 4 is 16.8 Å². The van der Waals surface area contributed by atoms with Crippen LogP contribution in [0, 0.1) is 5.82 Å². The highest BCUT2D eigenvalue weighted by Gasteiger charge is 2.27. The molecule has 168 valence electrons. The fraction of sp³-hybridized carbons (Fsp3) is 0.222. The van der Waals surface area contributed by atoms with Crippen LogP contribution in [0.5, 0.6) is 0 Å². The molecule has 1 aromatic heterocycles. The third kappa shape index (κ3) is 4.70. The van der Waals surface area contributed by atoms with Gasteiger partial charge in [-0.1, -0.05) is 55.5 Å². The van der Waals surface area contributed by atoms with Gasteiger partial charge in [-0.05, 0) is 49.2 Å². The first-order valence-corrected chi connectivity index (χ1v) is 11.1. The molecule has 1 heterocycles. The molecule has 33 heavy (non-hydrogen) atoms. The Hall–Kier alpha value is -3.80. The van der Waals surface area contributed by atoms with Gasteiger partial charge in [0.25, 0.3) is 11.5 Å². The van der Waals surface area contributed by atoms with Crippen LogP contribution in [0.15, 0.2) is 83.7 Å². The molecule has 1 unspecified atom stereocenters. The van der Waals surface area contributed by atoms with E-state index >= 15 is 0 Å². The van der Waals surface area contributed by atoms with Crippen molar-refractivity contribution in [1.29, 1.82) is 0 Å². The van der Waals surface area contributed by atoms with Crippen molar-refractivity contribution in [1.82, 2.24) is 14.5 Å². The zero-order valence-corrected chi connectivity index (χ0v) is 18.7. The van der Waals surface area contributed by atoms with Crippen LogP contribution in [-0.4, -0.2) is 20.4 Å². The van der Waals surface area contributed by atoms with Crippen LogP contribution in [0.2, 0.25) is 0 Å². The molecule has 1 amide bonds. The highest BCUT2D eigenvalue weighted by molar-refractivity contribution is 5.94. The van der Waals surface area contributed by atoms with Crippen LogP contribution in [0.4, 0.5) is 4.39 Å². The topological polar surface area (TPSA) is 55.2 Å². The molecule has 4 rings (SSSR count). The van der Waals surface area contributed by atoms with Gasteiger partial charge in [0.05, 0.1) is 16.9 Å². The Kier molecular flexibility index (Phi) is 6.63. The van der Waals surface area contributed by atoms with Crippen molar-refractivity contribution in [2.24, 2.45) is 0 Å². The maximum absolute atomic E-state index is 13.9. The molecule has 0 saturated carbocycles. The summed E-state index contributed by atoms with van der Waals surface area (Å²) in [7, 11) is 0. The van der Waals surface area contributed by atoms with Crippen molar-refractivity contribution in [2.45, 2.75) is 39.4 Å². The molecule has 0 bridgehead atoms. The molecule has 0 radical (unpaired) electrons. The Morgan fingerprint density at radius 2 is 1.76 bits per heavy atom. The van der Waals surface area contributed by atoms with E-state index in [1.807, 2.05) is 56.3 Å². The molecular weight excluding hydrogens is 417 g/mol. The van der Waals surface area contributed by atoms with Gasteiger partial charge in [-0.3, -0.25) is 14.2 Å². The standard InChI is InChI=1S/C27H26FN3O2/c1-3-16-30-25(29-24-15-8-7-14-23(24)27(30)33)19(2)31(18-20-10-5-4-6-11-20)26(32)21-12-9-13-22(28)17-21/h4-15,17,19H,3,16,18H2,1-2H3. The molecule has 0 aliphatic rings. The first-order chi connectivity index (χ1) is 16.0. The van der Waals surface area contributed by atoms with Gasteiger partial charge in [0.1, 0.15) is 11.6 Å². The van der Waals surface area contributed by atoms with Gasteiger partial charge in [-0.2, -0.15) is 0 Å². The van der Waals surface area contributed by atoms with E-state index in [0.717, 1.165) is 12.0 Å². The molecule has 6 heteroatoms. The van der Waals surface area contributed by atoms with Crippen LogP contribution in [0.25, 0.3) is 10.9 Å². The number of carbonyl (C=O) groups excluding carboxylic acids is 1. The average molecular weight is 444 g/mol. The van der Waals surface area contributed by atoms with E-state index in [9.17, 15) is 14.0 Å². The van der Waals surface area contributed by atoms with Crippen LogP contribution in [-0.2, 0) is 13.1 Å². The van der Waals surface area contributed by atoms with Crippen molar-refractivity contribution in [3.63, 3.8) is 0 Å². The summed E-state index contributed by atoms with van der Waals surface area (Å²) < 4.78 is 15.6. The molecule has 0 aliphatic carbocycles. The molecule has 0 aliphatic heterocycles. The number of carbonyl (C=O) groups is 1. The van der Waals surface area contributed by atoms with Gasteiger partial charge < -0.3 is 4.90 Å². The second kappa shape index (κ2) is 9.77. The van der Waals surface area contributed by atoms with E-state index in [0.29, 0.717) is 29.8 Å². The SMILES string of the molecule is CCCn1c(C(C)N(Cc2ccccc2)C(=O)c2cccc(F)c2)nc2ccccc2c1=O. The summed E-state index contributed by atoms with van der Waals surface area (Å²) in [6, 6.07) is 22.0. The zero-order chi connectivity index (χ0) is 23.4. The molecule has 1 atom stereocenters. The Morgan fingerprint density at radius 1 is 1.03 bits per heavy atom. The second-order valence-electron chi connectivity index (χ2n) is 8.05. The van der Waals surface area contributed by atoms with Crippen LogP contribution in [0.3, 0.4) is 0 Å². The van der Waals surface area contributed by atoms with Crippen LogP contribution >= 0.6 is 0 Å². The van der Waals surface area contributed by atoms with Gasteiger partial charge in [0.15, 0.2) is 0 Å². The third-order valence-corrected chi connectivity index (χ3v) is 5.71. The monoisotopic (exact) mass is 443 g/mol. The summed E-state index contributed by atoms with van der Waals surface area (Å²) in [6.07, 6.45) is 0.746. The molecule has 5 nitrogen and oxygen atoms in total. The zero-order valence-electron chi connectivity index (χ0n) is 18.7. The predicted octanol–water partition coefficient (Wildman–Crippen LogP) is 5.35. The minimum Gasteiger partial charge on any atom is -0.324 e. The molecule has 0 saturated heterocycles. The van der Waals surface area contributed by atoms with E-state index in [-0.39, 0.29) is 17.0 Å². The average Bonchev–Trinajstić information content (AvgIpc) is 2.84. The van der Waals surface area contributed by atoms with Crippen LogP contribution in [0.1, 0.15) is 48.1 Å². The predicted molar refractivity (Wildman–Crippen MR) is 127 cm³/mol. The van der Waals surface area contributed by atoms with Crippen molar-refractivity contribution < 1.29 is 9.18 Å². The fourth-order valence-corrected chi connectivity index (χ4v) is 4.04. The summed E-state index contributed by atoms with van der Waals surface area (Å²) in [4.78, 5) is 33.3. The van der Waals surface area contributed by atoms with Crippen molar-refractivity contribution in [3.05, 3.63) is 112 Å². The van der Waals surface area contributed by atoms with Gasteiger partial charge in [-0.25, -0.2) is 9.37 Å². The summed E-state index contributed by atoms with van der Waals surface area (Å²) in [6.45, 7) is 4.65. The quantitative estimate of drug-likeness (QED) is 0.387. The van der Waals surface area contributed by atoms with Gasteiger partial charge >= 0.3 is 0 Å². The number of hydrogen-bond donors (Lipinski definition) is 0. The largest absolute Gasteiger partial charge is 0.324 e. The minimum atomic E-state index is -0.523. The molecule has 4 aromatic rings. The first kappa shape index (κ1) is 22.4. The lowest BCUT2D eigenvalue weighted by molar-refractivity contribution is 0.0661. The summed E-state index contributed by atoms with van der Waals surface area (Å²) >= 11 is 0. The van der Waals surface area contributed by atoms with Gasteiger partial charge in [0.2, 0.25) is 0 Å². The number of aromatic nitrogens is 2. The molecular formula is C27H26FN3O2. The van der Waals surface area contributed by atoms with Gasteiger partial charge in [-0.15, -0.1) is 0 Å². The number of benzene rings is 3. The maximum atomic E-state index is 13.9. The van der Waals surface area contributed by atoms with E-state index < -0.39 is 11.9 Å². The third-order valence-electron chi connectivity index (χ3n) is 5.71. The van der Waals surface area contributed by atoms with E-state index in [4.69, 9.17) is 4.98 Å². The lowest BCUT2D eigenvalue weighted by Gasteiger charge is -2.31. The molecule has 0 fully saturated rings. The van der Waals surface area contributed by atoms with Crippen molar-refractivity contribution in [2.75, 3.05) is 0 Å². The maximum Gasteiger partial charge on any atom is 0.261 e. The highest BCUT2D eigenvalue weighted by atomic mass is 19.1. The molecule has 3 aromatic carbocycles. The Morgan fingerprint density at radius 3 is 2.48 bits per heavy atom. The normalized spacial score (nSPS) is 12.0. The first-order valence-electron chi connectivity index (χ1n) is 11.1. The van der Waals surface area contributed by atoms with E-state index in [2.05, 4.69) is 0 Å². The minimum absolute atomic E-state index is 0.123. The summed E-state index contributed by atoms with van der Waals surface area (Å²) in [5.41, 5.74) is 1.65. The lowest BCUT2D eigenvalue weighted by Crippen LogP contribution is -2.37. The smallest absolute Gasteiger partial charge is 0.261 e. The number of nitrogens with zero attached hydrogens (tertiary/aromatic N) is 3. The summed E-state index contributed by atoms with van der Waals surface area (Å²) in [5, 5.41) is 0.549. The Balaban J connectivity index is 1.84. The number of hydrogen-bond acceptors (Lipinski definition) is 3. The number of halogens is 1. The van der Waals surface area contributed by atoms with Crippen molar-refractivity contribution in [3.8, 4) is 0 Å². The van der Waals surface area contributed by atoms with E-state index in [1.54, 1.807) is 27.7 Å². The number of fused-ring (bicyclic) bond motifs is 1. The number of amides is 1. The van der Waals surface area contributed by atoms with Crippen LogP contribution < -0.4 is 5.56 Å². The highest BCUT2D eigenvalue weighted by Crippen LogP contribution is 2.25. The number of rotatable bonds is 7. The van der Waals surface area contributed by atoms with Gasteiger partial charge in [0, 0.05) is 18.7 Å². The van der Waals surface area contributed by atoms with E-state index in [1.165, 1.54) is 18.2 Å².